The molecule has 1 heterocycles. The largest absolute Gasteiger partial charge is 0.494 e. The minimum Gasteiger partial charge on any atom is -0.494 e. The molecule has 1 unspecified atom stereocenters. The van der Waals surface area contributed by atoms with E-state index in [1.54, 1.807) is 6.07 Å². The lowest BCUT2D eigenvalue weighted by Gasteiger charge is -2.15. The van der Waals surface area contributed by atoms with E-state index >= 15 is 0 Å². The van der Waals surface area contributed by atoms with Gasteiger partial charge < -0.3 is 14.8 Å². The van der Waals surface area contributed by atoms with Crippen molar-refractivity contribution in [3.05, 3.63) is 23.5 Å². The van der Waals surface area contributed by atoms with Gasteiger partial charge in [0.1, 0.15) is 0 Å². The Hall–Kier alpha value is -1.29. The van der Waals surface area contributed by atoms with Gasteiger partial charge in [0.25, 0.3) is 0 Å². The Morgan fingerprint density at radius 1 is 1.35 bits per heavy atom. The summed E-state index contributed by atoms with van der Waals surface area (Å²) in [5.41, 5.74) is 0.894. The van der Waals surface area contributed by atoms with Gasteiger partial charge in [0, 0.05) is 6.04 Å². The Kier molecular flexibility index (Phi) is 3.84. The molecule has 0 saturated carbocycles. The summed E-state index contributed by atoms with van der Waals surface area (Å²) in [6, 6.07) is 3.96. The number of benzene rings is 1. The second-order valence-electron chi connectivity index (χ2n) is 4.27. The molecule has 0 radical (unpaired) electrons. The first-order valence-electron chi connectivity index (χ1n) is 5.89. The summed E-state index contributed by atoms with van der Waals surface area (Å²) in [5.74, 6) is 0.119. The zero-order chi connectivity index (χ0) is 12.3. The van der Waals surface area contributed by atoms with Crippen LogP contribution in [0, 0.1) is 5.82 Å². The topological polar surface area (TPSA) is 30.5 Å². The van der Waals surface area contributed by atoms with E-state index < -0.39 is 5.82 Å². The van der Waals surface area contributed by atoms with Gasteiger partial charge in [-0.3, -0.25) is 0 Å². The summed E-state index contributed by atoms with van der Waals surface area (Å²) >= 11 is 0. The Morgan fingerprint density at radius 2 is 2.18 bits per heavy atom. The molecule has 1 aromatic carbocycles. The Balaban J connectivity index is 2.23. The van der Waals surface area contributed by atoms with Crippen molar-refractivity contribution >= 4 is 0 Å². The van der Waals surface area contributed by atoms with E-state index in [0.29, 0.717) is 11.8 Å². The predicted octanol–water partition coefficient (Wildman–Crippen LogP) is 2.14. The molecule has 1 aliphatic rings. The molecule has 0 aromatic heterocycles. The molecule has 1 fully saturated rings. The quantitative estimate of drug-likeness (QED) is 0.873. The highest BCUT2D eigenvalue weighted by Crippen LogP contribution is 2.31. The molecular weight excluding hydrogens is 221 g/mol. The fraction of sp³-hybridized carbons (Fsp3) is 0.538. The highest BCUT2D eigenvalue weighted by atomic mass is 19.1. The van der Waals surface area contributed by atoms with Crippen LogP contribution in [0.3, 0.4) is 0 Å². The minimum atomic E-state index is -0.412. The van der Waals surface area contributed by atoms with Crippen molar-refractivity contribution in [2.45, 2.75) is 25.3 Å². The first-order valence-corrected chi connectivity index (χ1v) is 5.89. The van der Waals surface area contributed by atoms with Crippen LogP contribution in [0.4, 0.5) is 4.39 Å². The smallest absolute Gasteiger partial charge is 0.207 e. The van der Waals surface area contributed by atoms with Gasteiger partial charge in [-0.15, -0.1) is 0 Å². The van der Waals surface area contributed by atoms with Crippen molar-refractivity contribution in [2.75, 3.05) is 20.8 Å². The van der Waals surface area contributed by atoms with Crippen LogP contribution in [0.15, 0.2) is 12.1 Å². The van der Waals surface area contributed by atoms with Gasteiger partial charge in [-0.05, 0) is 37.4 Å². The molecular formula is C13H18FNO2. The lowest BCUT2D eigenvalue weighted by atomic mass is 10.0. The maximum absolute atomic E-state index is 13.9. The van der Waals surface area contributed by atoms with E-state index in [2.05, 4.69) is 5.32 Å². The van der Waals surface area contributed by atoms with Gasteiger partial charge in [0.05, 0.1) is 14.2 Å². The van der Waals surface area contributed by atoms with Crippen molar-refractivity contribution in [1.29, 1.82) is 0 Å². The Labute approximate surface area is 101 Å². The van der Waals surface area contributed by atoms with Gasteiger partial charge >= 0.3 is 0 Å². The molecule has 2 rings (SSSR count). The molecule has 0 aliphatic carbocycles. The fourth-order valence-corrected chi connectivity index (χ4v) is 2.31. The van der Waals surface area contributed by atoms with Crippen LogP contribution in [0.25, 0.3) is 0 Å². The van der Waals surface area contributed by atoms with Crippen LogP contribution in [-0.4, -0.2) is 26.8 Å². The Morgan fingerprint density at radius 3 is 2.76 bits per heavy atom. The first-order chi connectivity index (χ1) is 8.26. The number of rotatable bonds is 4. The van der Waals surface area contributed by atoms with E-state index in [-0.39, 0.29) is 5.75 Å². The standard InChI is InChI=1S/C13H18FNO2/c1-16-11-6-5-9(13(17-2)12(11)14)8-10-4-3-7-15-10/h5-6,10,15H,3-4,7-8H2,1-2H3. The van der Waals surface area contributed by atoms with Crippen molar-refractivity contribution in [3.63, 3.8) is 0 Å². The lowest BCUT2D eigenvalue weighted by Crippen LogP contribution is -2.24. The molecule has 4 heteroatoms. The number of halogens is 1. The monoisotopic (exact) mass is 239 g/mol. The minimum absolute atomic E-state index is 0.227. The second kappa shape index (κ2) is 5.36. The molecule has 1 aliphatic heterocycles. The van der Waals surface area contributed by atoms with Gasteiger partial charge in [0.2, 0.25) is 5.82 Å². The third-order valence-electron chi connectivity index (χ3n) is 3.20. The van der Waals surface area contributed by atoms with E-state index in [1.165, 1.54) is 20.6 Å². The number of ether oxygens (including phenoxy) is 2. The highest BCUT2D eigenvalue weighted by Gasteiger charge is 2.20. The maximum Gasteiger partial charge on any atom is 0.207 e. The maximum atomic E-state index is 13.9. The average molecular weight is 239 g/mol. The molecule has 94 valence electrons. The van der Waals surface area contributed by atoms with E-state index in [0.717, 1.165) is 24.9 Å². The average Bonchev–Trinajstić information content (AvgIpc) is 2.82. The van der Waals surface area contributed by atoms with Crippen molar-refractivity contribution in [2.24, 2.45) is 0 Å². The van der Waals surface area contributed by atoms with Crippen molar-refractivity contribution in [3.8, 4) is 11.5 Å². The summed E-state index contributed by atoms with van der Waals surface area (Å²) in [6.45, 7) is 1.05. The molecule has 1 saturated heterocycles. The molecule has 0 spiro atoms. The van der Waals surface area contributed by atoms with Gasteiger partial charge in [-0.2, -0.15) is 4.39 Å². The first kappa shape index (κ1) is 12.2. The number of methoxy groups -OCH3 is 2. The number of hydrogen-bond donors (Lipinski definition) is 1. The van der Waals surface area contributed by atoms with E-state index in [4.69, 9.17) is 9.47 Å². The summed E-state index contributed by atoms with van der Waals surface area (Å²) in [5, 5.41) is 3.40. The summed E-state index contributed by atoms with van der Waals surface area (Å²) in [4.78, 5) is 0. The molecule has 0 amide bonds. The van der Waals surface area contributed by atoms with Gasteiger partial charge in [-0.1, -0.05) is 6.07 Å². The SMILES string of the molecule is COc1ccc(CC2CCCN2)c(OC)c1F. The Bertz CT molecular complexity index is 389. The number of nitrogens with one attached hydrogen (secondary N) is 1. The normalized spacial score (nSPS) is 19.4. The summed E-state index contributed by atoms with van der Waals surface area (Å²) in [7, 11) is 2.94. The molecule has 0 bridgehead atoms. The fourth-order valence-electron chi connectivity index (χ4n) is 2.31. The summed E-state index contributed by atoms with van der Waals surface area (Å²) < 4.78 is 24.0. The summed E-state index contributed by atoms with van der Waals surface area (Å²) in [6.07, 6.45) is 3.12. The van der Waals surface area contributed by atoms with Crippen molar-refractivity contribution < 1.29 is 13.9 Å². The zero-order valence-corrected chi connectivity index (χ0v) is 10.3. The second-order valence-corrected chi connectivity index (χ2v) is 4.27. The van der Waals surface area contributed by atoms with Crippen LogP contribution >= 0.6 is 0 Å². The van der Waals surface area contributed by atoms with Crippen LogP contribution in [0.5, 0.6) is 11.5 Å². The van der Waals surface area contributed by atoms with Crippen LogP contribution in [-0.2, 0) is 6.42 Å². The molecule has 1 N–H and O–H groups in total. The van der Waals surface area contributed by atoms with Crippen LogP contribution < -0.4 is 14.8 Å². The number of hydrogen-bond acceptors (Lipinski definition) is 3. The zero-order valence-electron chi connectivity index (χ0n) is 10.3. The molecule has 1 aromatic rings. The van der Waals surface area contributed by atoms with Gasteiger partial charge in [-0.25, -0.2) is 0 Å². The predicted molar refractivity (Wildman–Crippen MR) is 64.2 cm³/mol. The highest BCUT2D eigenvalue weighted by molar-refractivity contribution is 5.43. The van der Waals surface area contributed by atoms with E-state index in [1.807, 2.05) is 6.07 Å². The third-order valence-corrected chi connectivity index (χ3v) is 3.20. The lowest BCUT2D eigenvalue weighted by molar-refractivity contribution is 0.346. The van der Waals surface area contributed by atoms with Crippen LogP contribution in [0.1, 0.15) is 18.4 Å². The van der Waals surface area contributed by atoms with E-state index in [9.17, 15) is 4.39 Å². The molecule has 17 heavy (non-hydrogen) atoms. The van der Waals surface area contributed by atoms with Gasteiger partial charge in [0.15, 0.2) is 11.5 Å². The molecule has 1 atom stereocenters. The van der Waals surface area contributed by atoms with Crippen molar-refractivity contribution in [1.82, 2.24) is 5.32 Å². The van der Waals surface area contributed by atoms with Crippen LogP contribution in [0.2, 0.25) is 0 Å². The molecule has 3 nitrogen and oxygen atoms in total. The third kappa shape index (κ3) is 2.52.